The van der Waals surface area contributed by atoms with Crippen LogP contribution in [0.25, 0.3) is 10.9 Å². The molecule has 0 N–H and O–H groups in total. The van der Waals surface area contributed by atoms with Crippen molar-refractivity contribution in [3.63, 3.8) is 0 Å². The molecule has 2 aromatic rings. The highest BCUT2D eigenvalue weighted by Gasteiger charge is 2.25. The number of methoxy groups -OCH3 is 1. The van der Waals surface area contributed by atoms with E-state index < -0.39 is 0 Å². The first kappa shape index (κ1) is 24.3. The average Bonchev–Trinajstić information content (AvgIpc) is 3.20. The molecule has 32 heavy (non-hydrogen) atoms. The molecule has 1 aromatic heterocycles. The first-order valence-electron chi connectivity index (χ1n) is 12.6. The molecule has 5 nitrogen and oxygen atoms in total. The topological polar surface area (TPSA) is 51.5 Å². The third-order valence-corrected chi connectivity index (χ3v) is 6.86. The van der Waals surface area contributed by atoms with E-state index >= 15 is 0 Å². The Morgan fingerprint density at radius 1 is 0.969 bits per heavy atom. The van der Waals surface area contributed by atoms with Crippen LogP contribution in [0, 0.1) is 0 Å². The summed E-state index contributed by atoms with van der Waals surface area (Å²) < 4.78 is 7.10. The van der Waals surface area contributed by atoms with Crippen LogP contribution in [0.5, 0.6) is 0 Å². The summed E-state index contributed by atoms with van der Waals surface area (Å²) in [6.45, 7) is 5.06. The summed E-state index contributed by atoms with van der Waals surface area (Å²) in [5.41, 5.74) is 2.82. The lowest BCUT2D eigenvalue weighted by molar-refractivity contribution is -0.140. The fourth-order valence-electron chi connectivity index (χ4n) is 4.92. The SMILES string of the molecule is CCCCCn1cc(C2CCN(C(=O)CCCCCCC(=O)OC)CC2)c2ccccc21. The molecule has 176 valence electrons. The van der Waals surface area contributed by atoms with Gasteiger partial charge in [-0.05, 0) is 49.7 Å². The van der Waals surface area contributed by atoms with Gasteiger partial charge in [-0.1, -0.05) is 50.8 Å². The average molecular weight is 441 g/mol. The van der Waals surface area contributed by atoms with Crippen LogP contribution in [0.2, 0.25) is 0 Å². The highest BCUT2D eigenvalue weighted by atomic mass is 16.5. The van der Waals surface area contributed by atoms with Crippen LogP contribution >= 0.6 is 0 Å². The number of fused-ring (bicyclic) bond motifs is 1. The van der Waals surface area contributed by atoms with E-state index in [9.17, 15) is 9.59 Å². The van der Waals surface area contributed by atoms with Crippen molar-refractivity contribution in [2.45, 2.75) is 90.0 Å². The molecule has 1 aliphatic rings. The molecular formula is C27H40N2O3. The van der Waals surface area contributed by atoms with E-state index in [1.165, 1.54) is 42.8 Å². The third kappa shape index (κ3) is 6.60. The first-order chi connectivity index (χ1) is 15.6. The molecule has 1 aromatic carbocycles. The van der Waals surface area contributed by atoms with Crippen molar-refractivity contribution >= 4 is 22.8 Å². The number of hydrogen-bond donors (Lipinski definition) is 0. The molecule has 0 unspecified atom stereocenters. The smallest absolute Gasteiger partial charge is 0.305 e. The van der Waals surface area contributed by atoms with Crippen LogP contribution in [0.4, 0.5) is 0 Å². The minimum absolute atomic E-state index is 0.145. The number of nitrogens with zero attached hydrogens (tertiary/aromatic N) is 2. The molecule has 1 amide bonds. The number of esters is 1. The summed E-state index contributed by atoms with van der Waals surface area (Å²) >= 11 is 0. The number of carbonyl (C=O) groups is 2. The number of piperidine rings is 1. The van der Waals surface area contributed by atoms with Gasteiger partial charge in [0.25, 0.3) is 0 Å². The fraction of sp³-hybridized carbons (Fsp3) is 0.630. The number of amides is 1. The largest absolute Gasteiger partial charge is 0.469 e. The second-order valence-corrected chi connectivity index (χ2v) is 9.15. The van der Waals surface area contributed by atoms with Crippen molar-refractivity contribution in [3.05, 3.63) is 36.0 Å². The van der Waals surface area contributed by atoms with E-state index in [-0.39, 0.29) is 5.97 Å². The molecule has 0 saturated carbocycles. The summed E-state index contributed by atoms with van der Waals surface area (Å²) in [7, 11) is 1.43. The molecule has 2 heterocycles. The van der Waals surface area contributed by atoms with Gasteiger partial charge in [0.1, 0.15) is 0 Å². The minimum atomic E-state index is -0.145. The Morgan fingerprint density at radius 3 is 2.41 bits per heavy atom. The fourth-order valence-corrected chi connectivity index (χ4v) is 4.92. The zero-order chi connectivity index (χ0) is 22.8. The van der Waals surface area contributed by atoms with Crippen molar-refractivity contribution in [2.75, 3.05) is 20.2 Å². The van der Waals surface area contributed by atoms with Crippen molar-refractivity contribution in [1.82, 2.24) is 9.47 Å². The Labute approximate surface area is 193 Å². The number of unbranched alkanes of at least 4 members (excludes halogenated alkanes) is 5. The van der Waals surface area contributed by atoms with Crippen LogP contribution in [0.3, 0.4) is 0 Å². The van der Waals surface area contributed by atoms with Crippen molar-refractivity contribution < 1.29 is 14.3 Å². The number of benzene rings is 1. The lowest BCUT2D eigenvalue weighted by atomic mass is 9.89. The van der Waals surface area contributed by atoms with E-state index in [4.69, 9.17) is 0 Å². The van der Waals surface area contributed by atoms with Crippen molar-refractivity contribution in [3.8, 4) is 0 Å². The number of aromatic nitrogens is 1. The molecule has 0 aliphatic carbocycles. The molecule has 0 spiro atoms. The standard InChI is InChI=1S/C27H40N2O3/c1-3-4-11-18-29-21-24(23-12-9-10-13-25(23)29)22-16-19-28(20-17-22)26(30)14-7-5-6-8-15-27(31)32-2/h9-10,12-13,21-22H,3-8,11,14-20H2,1-2H3. The Bertz CT molecular complexity index is 865. The molecule has 0 bridgehead atoms. The number of carbonyl (C=O) groups excluding carboxylic acids is 2. The quantitative estimate of drug-likeness (QED) is 0.298. The maximum absolute atomic E-state index is 12.6. The van der Waals surface area contributed by atoms with Gasteiger partial charge in [0.2, 0.25) is 5.91 Å². The summed E-state index contributed by atoms with van der Waals surface area (Å²) in [4.78, 5) is 25.8. The number of hydrogen-bond acceptors (Lipinski definition) is 3. The number of likely N-dealkylation sites (tertiary alicyclic amines) is 1. The van der Waals surface area contributed by atoms with Gasteiger partial charge in [0, 0.05) is 49.6 Å². The second-order valence-electron chi connectivity index (χ2n) is 9.15. The van der Waals surface area contributed by atoms with Gasteiger partial charge in [-0.2, -0.15) is 0 Å². The Hall–Kier alpha value is -2.30. The van der Waals surface area contributed by atoms with Gasteiger partial charge in [-0.25, -0.2) is 0 Å². The number of para-hydroxylation sites is 1. The molecule has 1 saturated heterocycles. The molecule has 1 fully saturated rings. The predicted octanol–water partition coefficient (Wildman–Crippen LogP) is 6.05. The lowest BCUT2D eigenvalue weighted by Crippen LogP contribution is -2.37. The van der Waals surface area contributed by atoms with Gasteiger partial charge in [-0.3, -0.25) is 9.59 Å². The van der Waals surface area contributed by atoms with Crippen LogP contribution in [0.1, 0.15) is 89.0 Å². The van der Waals surface area contributed by atoms with E-state index in [2.05, 4.69) is 51.6 Å². The summed E-state index contributed by atoms with van der Waals surface area (Å²) in [6, 6.07) is 8.79. The van der Waals surface area contributed by atoms with E-state index in [1.807, 2.05) is 0 Å². The maximum atomic E-state index is 12.6. The Kier molecular flexibility index (Phi) is 9.63. The van der Waals surface area contributed by atoms with Crippen LogP contribution in [0.15, 0.2) is 30.5 Å². The van der Waals surface area contributed by atoms with Gasteiger partial charge in [0.05, 0.1) is 7.11 Å². The van der Waals surface area contributed by atoms with Crippen molar-refractivity contribution in [1.29, 1.82) is 0 Å². The van der Waals surface area contributed by atoms with Gasteiger partial charge in [-0.15, -0.1) is 0 Å². The highest BCUT2D eigenvalue weighted by molar-refractivity contribution is 5.84. The predicted molar refractivity (Wildman–Crippen MR) is 130 cm³/mol. The monoisotopic (exact) mass is 440 g/mol. The van der Waals surface area contributed by atoms with E-state index in [0.29, 0.717) is 24.7 Å². The van der Waals surface area contributed by atoms with Gasteiger partial charge < -0.3 is 14.2 Å². The molecular weight excluding hydrogens is 400 g/mol. The van der Waals surface area contributed by atoms with Crippen LogP contribution < -0.4 is 0 Å². The molecule has 3 rings (SSSR count). The maximum Gasteiger partial charge on any atom is 0.305 e. The number of ether oxygens (including phenoxy) is 1. The lowest BCUT2D eigenvalue weighted by Gasteiger charge is -2.32. The molecule has 0 atom stereocenters. The zero-order valence-electron chi connectivity index (χ0n) is 20.0. The highest BCUT2D eigenvalue weighted by Crippen LogP contribution is 2.35. The minimum Gasteiger partial charge on any atom is -0.469 e. The van der Waals surface area contributed by atoms with E-state index in [1.54, 1.807) is 0 Å². The van der Waals surface area contributed by atoms with E-state index in [0.717, 1.165) is 58.2 Å². The Morgan fingerprint density at radius 2 is 1.69 bits per heavy atom. The summed E-state index contributed by atoms with van der Waals surface area (Å²) in [6.07, 6.45) is 13.1. The van der Waals surface area contributed by atoms with Crippen molar-refractivity contribution in [2.24, 2.45) is 0 Å². The van der Waals surface area contributed by atoms with Crippen LogP contribution in [-0.2, 0) is 20.9 Å². The summed E-state index contributed by atoms with van der Waals surface area (Å²) in [5, 5.41) is 1.39. The van der Waals surface area contributed by atoms with Crippen LogP contribution in [-0.4, -0.2) is 41.5 Å². The number of rotatable bonds is 12. The molecule has 1 aliphatic heterocycles. The van der Waals surface area contributed by atoms with Gasteiger partial charge >= 0.3 is 5.97 Å². The first-order valence-corrected chi connectivity index (χ1v) is 12.6. The Balaban J connectivity index is 1.46. The molecule has 5 heteroatoms. The third-order valence-electron chi connectivity index (χ3n) is 6.86. The normalized spacial score (nSPS) is 14.8. The zero-order valence-corrected chi connectivity index (χ0v) is 20.0. The second kappa shape index (κ2) is 12.7. The number of aryl methyl sites for hydroxylation is 1. The van der Waals surface area contributed by atoms with Gasteiger partial charge in [0.15, 0.2) is 0 Å². The molecule has 0 radical (unpaired) electrons. The summed E-state index contributed by atoms with van der Waals surface area (Å²) in [5.74, 6) is 0.682.